The summed E-state index contributed by atoms with van der Waals surface area (Å²) in [6.45, 7) is 4.04. The van der Waals surface area contributed by atoms with Crippen LogP contribution in [0.5, 0.6) is 5.75 Å². The van der Waals surface area contributed by atoms with Crippen molar-refractivity contribution in [1.82, 2.24) is 9.21 Å². The third-order valence-electron chi connectivity index (χ3n) is 4.70. The lowest BCUT2D eigenvalue weighted by atomic mass is 10.3. The van der Waals surface area contributed by atoms with Crippen LogP contribution in [0.25, 0.3) is 0 Å². The van der Waals surface area contributed by atoms with Gasteiger partial charge in [-0.3, -0.25) is 9.69 Å². The monoisotopic (exact) mass is 471 g/mol. The Hall–Kier alpha value is -1.84. The molecule has 2 aromatic carbocycles. The number of benzene rings is 2. The van der Waals surface area contributed by atoms with Gasteiger partial charge >= 0.3 is 0 Å². The van der Waals surface area contributed by atoms with Crippen molar-refractivity contribution in [3.63, 3.8) is 0 Å². The van der Waals surface area contributed by atoms with Gasteiger partial charge in [0.1, 0.15) is 5.75 Å². The molecule has 1 fully saturated rings. The number of piperazine rings is 1. The topological polar surface area (TPSA) is 79.0 Å². The molecule has 0 saturated carbocycles. The third-order valence-corrected chi connectivity index (χ3v) is 7.43. The van der Waals surface area contributed by atoms with Crippen molar-refractivity contribution < 1.29 is 17.9 Å². The van der Waals surface area contributed by atoms with E-state index in [2.05, 4.69) is 5.32 Å². The smallest absolute Gasteiger partial charge is 0.243 e. The third kappa shape index (κ3) is 5.44. The zero-order chi connectivity index (χ0) is 21.7. The molecule has 7 nitrogen and oxygen atoms in total. The molecular weight excluding hydrogens is 449 g/mol. The number of carbonyl (C=O) groups is 1. The van der Waals surface area contributed by atoms with Crippen molar-refractivity contribution in [2.45, 2.75) is 11.8 Å². The van der Waals surface area contributed by atoms with Gasteiger partial charge in [0.2, 0.25) is 15.9 Å². The molecule has 0 spiro atoms. The van der Waals surface area contributed by atoms with Crippen LogP contribution in [0.3, 0.4) is 0 Å². The average molecular weight is 472 g/mol. The number of hydrogen-bond donors (Lipinski definition) is 1. The van der Waals surface area contributed by atoms with Crippen molar-refractivity contribution in [3.8, 4) is 5.75 Å². The quantitative estimate of drug-likeness (QED) is 0.669. The molecule has 1 aliphatic rings. The van der Waals surface area contributed by atoms with Crippen LogP contribution in [0.2, 0.25) is 10.0 Å². The number of nitrogens with one attached hydrogen (secondary N) is 1. The predicted molar refractivity (Wildman–Crippen MR) is 118 cm³/mol. The zero-order valence-corrected chi connectivity index (χ0v) is 18.8. The average Bonchev–Trinajstić information content (AvgIpc) is 2.72. The Kier molecular flexibility index (Phi) is 7.60. The van der Waals surface area contributed by atoms with E-state index in [4.69, 9.17) is 27.9 Å². The summed E-state index contributed by atoms with van der Waals surface area (Å²) in [5.41, 5.74) is 0.450. The van der Waals surface area contributed by atoms with Crippen LogP contribution >= 0.6 is 23.2 Å². The molecule has 1 heterocycles. The van der Waals surface area contributed by atoms with Crippen LogP contribution in [0.1, 0.15) is 6.92 Å². The number of sulfonamides is 1. The van der Waals surface area contributed by atoms with Crippen molar-refractivity contribution in [1.29, 1.82) is 0 Å². The van der Waals surface area contributed by atoms with E-state index in [9.17, 15) is 13.2 Å². The van der Waals surface area contributed by atoms with Crippen LogP contribution in [-0.4, -0.2) is 62.9 Å². The fourth-order valence-corrected chi connectivity index (χ4v) is 4.91. The van der Waals surface area contributed by atoms with Crippen LogP contribution in [-0.2, 0) is 14.8 Å². The Bertz CT molecular complexity index is 992. The normalized spacial score (nSPS) is 15.7. The van der Waals surface area contributed by atoms with Crippen LogP contribution < -0.4 is 10.1 Å². The summed E-state index contributed by atoms with van der Waals surface area (Å²) in [5, 5.41) is 3.39. The zero-order valence-electron chi connectivity index (χ0n) is 16.5. The van der Waals surface area contributed by atoms with E-state index in [1.54, 1.807) is 42.5 Å². The molecular formula is C20H23Cl2N3O4S. The molecule has 3 rings (SSSR count). The first kappa shape index (κ1) is 22.8. The lowest BCUT2D eigenvalue weighted by Gasteiger charge is -2.33. The van der Waals surface area contributed by atoms with E-state index >= 15 is 0 Å². The van der Waals surface area contributed by atoms with E-state index in [0.717, 1.165) is 0 Å². The molecule has 1 amide bonds. The Morgan fingerprint density at radius 1 is 1.07 bits per heavy atom. The van der Waals surface area contributed by atoms with Crippen LogP contribution in [0.4, 0.5) is 5.69 Å². The summed E-state index contributed by atoms with van der Waals surface area (Å²) in [7, 11) is -3.59. The van der Waals surface area contributed by atoms with Crippen molar-refractivity contribution in [3.05, 3.63) is 52.5 Å². The maximum atomic E-state index is 12.9. The molecule has 162 valence electrons. The highest BCUT2D eigenvalue weighted by Crippen LogP contribution is 2.29. The highest BCUT2D eigenvalue weighted by molar-refractivity contribution is 7.89. The number of carbonyl (C=O) groups excluding carboxylic acids is 1. The Morgan fingerprint density at radius 2 is 1.73 bits per heavy atom. The number of rotatable bonds is 7. The SMILES string of the molecule is CCOc1ccc(S(=O)(=O)N2CCN(CC(=O)Nc3cccc(Cl)c3Cl)CC2)cc1. The number of nitrogens with zero attached hydrogens (tertiary/aromatic N) is 2. The van der Waals surface area contributed by atoms with Gasteiger partial charge in [0.05, 0.1) is 33.8 Å². The van der Waals surface area contributed by atoms with Gasteiger partial charge in [-0.15, -0.1) is 0 Å². The standard InChI is InChI=1S/C20H23Cl2N3O4S/c1-2-29-15-6-8-16(9-7-15)30(27,28)25-12-10-24(11-13-25)14-19(26)23-18-5-3-4-17(21)20(18)22/h3-9H,2,10-14H2,1H3,(H,23,26). The molecule has 1 aliphatic heterocycles. The van der Waals surface area contributed by atoms with E-state index in [0.29, 0.717) is 54.3 Å². The van der Waals surface area contributed by atoms with E-state index in [1.165, 1.54) is 4.31 Å². The second-order valence-corrected chi connectivity index (χ2v) is 9.46. The molecule has 0 radical (unpaired) electrons. The Morgan fingerprint density at radius 3 is 2.37 bits per heavy atom. The van der Waals surface area contributed by atoms with Gasteiger partial charge in [-0.25, -0.2) is 8.42 Å². The minimum absolute atomic E-state index is 0.139. The summed E-state index contributed by atoms with van der Waals surface area (Å²) in [4.78, 5) is 14.5. The second kappa shape index (κ2) is 9.98. The van der Waals surface area contributed by atoms with Gasteiger partial charge in [-0.05, 0) is 43.3 Å². The molecule has 0 aromatic heterocycles. The van der Waals surface area contributed by atoms with Gasteiger partial charge in [0.25, 0.3) is 0 Å². The largest absolute Gasteiger partial charge is 0.494 e. The molecule has 10 heteroatoms. The van der Waals surface area contributed by atoms with Gasteiger partial charge in [-0.1, -0.05) is 29.3 Å². The van der Waals surface area contributed by atoms with Crippen molar-refractivity contribution >= 4 is 44.8 Å². The summed E-state index contributed by atoms with van der Waals surface area (Å²) in [5.74, 6) is 0.397. The molecule has 2 aromatic rings. The summed E-state index contributed by atoms with van der Waals surface area (Å²) >= 11 is 12.1. The lowest BCUT2D eigenvalue weighted by molar-refractivity contribution is -0.117. The Labute approximate surface area is 186 Å². The molecule has 30 heavy (non-hydrogen) atoms. The molecule has 1 saturated heterocycles. The summed E-state index contributed by atoms with van der Waals surface area (Å²) < 4.78 is 32.5. The first-order chi connectivity index (χ1) is 14.3. The highest BCUT2D eigenvalue weighted by atomic mass is 35.5. The minimum atomic E-state index is -3.59. The predicted octanol–water partition coefficient (Wildman–Crippen LogP) is 3.34. The number of anilines is 1. The highest BCUT2D eigenvalue weighted by Gasteiger charge is 2.29. The number of halogens is 2. The van der Waals surface area contributed by atoms with E-state index in [-0.39, 0.29) is 17.3 Å². The minimum Gasteiger partial charge on any atom is -0.494 e. The lowest BCUT2D eigenvalue weighted by Crippen LogP contribution is -2.50. The Balaban J connectivity index is 1.55. The van der Waals surface area contributed by atoms with Crippen molar-refractivity contribution in [2.24, 2.45) is 0 Å². The van der Waals surface area contributed by atoms with Gasteiger partial charge in [0.15, 0.2) is 0 Å². The fraction of sp³-hybridized carbons (Fsp3) is 0.350. The van der Waals surface area contributed by atoms with E-state index in [1.807, 2.05) is 11.8 Å². The summed E-state index contributed by atoms with van der Waals surface area (Å²) in [6.07, 6.45) is 0. The molecule has 1 N–H and O–H groups in total. The molecule has 0 bridgehead atoms. The first-order valence-electron chi connectivity index (χ1n) is 9.50. The van der Waals surface area contributed by atoms with Crippen molar-refractivity contribution in [2.75, 3.05) is 44.6 Å². The number of amides is 1. The molecule has 0 atom stereocenters. The second-order valence-electron chi connectivity index (χ2n) is 6.73. The number of hydrogen-bond acceptors (Lipinski definition) is 5. The van der Waals surface area contributed by atoms with E-state index < -0.39 is 10.0 Å². The maximum absolute atomic E-state index is 12.9. The molecule has 0 aliphatic carbocycles. The van der Waals surface area contributed by atoms with Gasteiger partial charge in [0, 0.05) is 26.2 Å². The maximum Gasteiger partial charge on any atom is 0.243 e. The number of ether oxygens (including phenoxy) is 1. The summed E-state index contributed by atoms with van der Waals surface area (Å²) in [6, 6.07) is 11.4. The molecule has 0 unspecified atom stereocenters. The van der Waals surface area contributed by atoms with Gasteiger partial charge in [-0.2, -0.15) is 4.31 Å². The van der Waals surface area contributed by atoms with Crippen LogP contribution in [0.15, 0.2) is 47.4 Å². The van der Waals surface area contributed by atoms with Gasteiger partial charge < -0.3 is 10.1 Å². The fourth-order valence-electron chi connectivity index (χ4n) is 3.14. The first-order valence-corrected chi connectivity index (χ1v) is 11.7. The van der Waals surface area contributed by atoms with Crippen LogP contribution in [0, 0.1) is 0 Å².